The lowest BCUT2D eigenvalue weighted by Gasteiger charge is -2.29. The maximum absolute atomic E-state index is 13.7. The first-order chi connectivity index (χ1) is 17.4. The summed E-state index contributed by atoms with van der Waals surface area (Å²) in [4.78, 5) is 43.2. The third-order valence-corrected chi connectivity index (χ3v) is 6.86. The molecule has 4 aromatic rings. The first kappa shape index (κ1) is 23.9. The third-order valence-electron chi connectivity index (χ3n) is 6.86. The summed E-state index contributed by atoms with van der Waals surface area (Å²) in [5.41, 5.74) is 7.49. The van der Waals surface area contributed by atoms with Crippen molar-refractivity contribution in [3.8, 4) is 11.8 Å². The number of hydrogen-bond acceptors (Lipinski definition) is 7. The highest BCUT2D eigenvalue weighted by Crippen LogP contribution is 2.17. The molecule has 0 bridgehead atoms. The van der Waals surface area contributed by atoms with Gasteiger partial charge in [0.15, 0.2) is 11.2 Å². The van der Waals surface area contributed by atoms with Gasteiger partial charge in [0, 0.05) is 37.3 Å². The van der Waals surface area contributed by atoms with Gasteiger partial charge in [-0.3, -0.25) is 18.8 Å². The van der Waals surface area contributed by atoms with Crippen molar-refractivity contribution >= 4 is 22.1 Å². The molecule has 0 atom stereocenters. The molecule has 2 N–H and O–H groups in total. The van der Waals surface area contributed by atoms with Crippen LogP contribution < -0.4 is 17.0 Å². The molecular weight excluding hydrogens is 456 g/mol. The fourth-order valence-corrected chi connectivity index (χ4v) is 4.82. The van der Waals surface area contributed by atoms with Crippen molar-refractivity contribution in [3.05, 3.63) is 62.4 Å². The molecule has 10 heteroatoms. The van der Waals surface area contributed by atoms with Gasteiger partial charge in [0.05, 0.1) is 25.2 Å². The molecule has 0 unspecified atom stereocenters. The van der Waals surface area contributed by atoms with Crippen molar-refractivity contribution in [2.75, 3.05) is 13.1 Å². The summed E-state index contributed by atoms with van der Waals surface area (Å²) in [5, 5.41) is 0.941. The Morgan fingerprint density at radius 2 is 1.81 bits per heavy atom. The van der Waals surface area contributed by atoms with E-state index in [1.807, 2.05) is 35.8 Å². The Morgan fingerprint density at radius 1 is 1.06 bits per heavy atom. The van der Waals surface area contributed by atoms with Gasteiger partial charge in [-0.25, -0.2) is 19.7 Å². The fraction of sp³-hybridized carbons (Fsp3) is 0.423. The predicted octanol–water partition coefficient (Wildman–Crippen LogP) is 1.14. The number of nitrogens with two attached hydrogens (primary N) is 1. The number of aromatic nitrogens is 6. The molecule has 36 heavy (non-hydrogen) atoms. The lowest BCUT2D eigenvalue weighted by atomic mass is 10.1. The maximum atomic E-state index is 13.7. The van der Waals surface area contributed by atoms with Gasteiger partial charge in [0.1, 0.15) is 11.6 Å². The van der Waals surface area contributed by atoms with Gasteiger partial charge in [-0.2, -0.15) is 0 Å². The Labute approximate surface area is 208 Å². The van der Waals surface area contributed by atoms with E-state index >= 15 is 0 Å². The highest BCUT2D eigenvalue weighted by atomic mass is 16.2. The second kappa shape index (κ2) is 9.68. The molecule has 1 saturated heterocycles. The summed E-state index contributed by atoms with van der Waals surface area (Å²) in [6.45, 7) is 6.24. The highest BCUT2D eigenvalue weighted by molar-refractivity contribution is 5.80. The van der Waals surface area contributed by atoms with Crippen LogP contribution in [-0.2, 0) is 26.7 Å². The van der Waals surface area contributed by atoms with E-state index in [-0.39, 0.29) is 12.6 Å². The zero-order valence-corrected chi connectivity index (χ0v) is 20.9. The lowest BCUT2D eigenvalue weighted by Crippen LogP contribution is -2.40. The minimum Gasteiger partial charge on any atom is -0.328 e. The van der Waals surface area contributed by atoms with E-state index in [2.05, 4.69) is 26.7 Å². The fourth-order valence-electron chi connectivity index (χ4n) is 4.82. The first-order valence-corrected chi connectivity index (χ1v) is 12.2. The van der Waals surface area contributed by atoms with Gasteiger partial charge in [-0.15, -0.1) is 5.92 Å². The predicted molar refractivity (Wildman–Crippen MR) is 139 cm³/mol. The third kappa shape index (κ3) is 4.32. The molecule has 0 amide bonds. The second-order valence-electron chi connectivity index (χ2n) is 9.30. The normalized spacial score (nSPS) is 14.9. The van der Waals surface area contributed by atoms with Crippen LogP contribution in [0.3, 0.4) is 0 Å². The number of likely N-dealkylation sites (tertiary alicyclic amines) is 1. The Hall–Kier alpha value is -3.81. The van der Waals surface area contributed by atoms with Crippen LogP contribution >= 0.6 is 0 Å². The van der Waals surface area contributed by atoms with Crippen molar-refractivity contribution in [1.29, 1.82) is 0 Å². The molecule has 4 heterocycles. The van der Waals surface area contributed by atoms with Crippen LogP contribution in [0.15, 0.2) is 33.9 Å². The molecule has 0 aliphatic carbocycles. The van der Waals surface area contributed by atoms with E-state index in [0.29, 0.717) is 35.9 Å². The van der Waals surface area contributed by atoms with Crippen molar-refractivity contribution in [1.82, 2.24) is 33.6 Å². The van der Waals surface area contributed by atoms with Gasteiger partial charge < -0.3 is 10.3 Å². The molecule has 5 rings (SSSR count). The van der Waals surface area contributed by atoms with Gasteiger partial charge in [0.25, 0.3) is 5.56 Å². The van der Waals surface area contributed by atoms with Crippen molar-refractivity contribution in [2.45, 2.75) is 52.4 Å². The second-order valence-corrected chi connectivity index (χ2v) is 9.30. The Morgan fingerprint density at radius 3 is 2.56 bits per heavy atom. The molecule has 3 aromatic heterocycles. The van der Waals surface area contributed by atoms with E-state index in [1.54, 1.807) is 14.0 Å². The molecule has 1 aliphatic heterocycles. The Bertz CT molecular complexity index is 1630. The number of rotatable bonds is 5. The number of fused-ring (bicyclic) bond motifs is 2. The van der Waals surface area contributed by atoms with Crippen LogP contribution in [0.1, 0.15) is 37.1 Å². The van der Waals surface area contributed by atoms with Crippen molar-refractivity contribution < 1.29 is 0 Å². The maximum Gasteiger partial charge on any atom is 0.332 e. The summed E-state index contributed by atoms with van der Waals surface area (Å²) in [6.07, 6.45) is 1.84. The monoisotopic (exact) mass is 486 g/mol. The standard InChI is InChI=1S/C26H30N8O2/c1-4-5-12-33-22(16-32-13-10-18(27)11-14-32)30-24-23(33)25(35)34(26(36)31(24)3)15-21-28-17(2)19-8-6-7-9-20(19)29-21/h6-9,18H,10-16,27H2,1-3H3. The van der Waals surface area contributed by atoms with Gasteiger partial charge >= 0.3 is 5.69 Å². The minimum atomic E-state index is -0.455. The summed E-state index contributed by atoms with van der Waals surface area (Å²) in [6, 6.07) is 7.91. The van der Waals surface area contributed by atoms with E-state index < -0.39 is 11.2 Å². The number of benzene rings is 1. The summed E-state index contributed by atoms with van der Waals surface area (Å²) < 4.78 is 4.45. The molecule has 1 aromatic carbocycles. The number of piperidine rings is 1. The quantitative estimate of drug-likeness (QED) is 0.421. The average molecular weight is 487 g/mol. The Kier molecular flexibility index (Phi) is 6.43. The van der Waals surface area contributed by atoms with Gasteiger partial charge in [-0.05, 0) is 32.8 Å². The number of hydrogen-bond donors (Lipinski definition) is 1. The zero-order chi connectivity index (χ0) is 25.4. The van der Waals surface area contributed by atoms with Crippen LogP contribution in [0.4, 0.5) is 0 Å². The topological polar surface area (TPSA) is 117 Å². The number of nitrogens with zero attached hydrogens (tertiary/aromatic N) is 7. The van der Waals surface area contributed by atoms with Crippen molar-refractivity contribution in [3.63, 3.8) is 0 Å². The summed E-state index contributed by atoms with van der Waals surface area (Å²) >= 11 is 0. The van der Waals surface area contributed by atoms with Crippen LogP contribution in [0.5, 0.6) is 0 Å². The summed E-state index contributed by atoms with van der Waals surface area (Å²) in [7, 11) is 1.64. The van der Waals surface area contributed by atoms with Crippen LogP contribution in [0.2, 0.25) is 0 Å². The number of para-hydroxylation sites is 1. The van der Waals surface area contributed by atoms with Gasteiger partial charge in [-0.1, -0.05) is 24.1 Å². The lowest BCUT2D eigenvalue weighted by molar-refractivity contribution is 0.199. The molecule has 0 radical (unpaired) electrons. The largest absolute Gasteiger partial charge is 0.332 e. The van der Waals surface area contributed by atoms with E-state index in [4.69, 9.17) is 10.7 Å². The average Bonchev–Trinajstić information content (AvgIpc) is 3.23. The SMILES string of the molecule is CC#CCn1c(CN2CCC(N)CC2)nc2c1c(=O)n(Cc1nc(C)c3ccccc3n1)c(=O)n2C. The molecule has 0 saturated carbocycles. The smallest absolute Gasteiger partial charge is 0.328 e. The number of imidazole rings is 1. The summed E-state index contributed by atoms with van der Waals surface area (Å²) in [5.74, 6) is 7.09. The minimum absolute atomic E-state index is 0.0307. The molecular formula is C26H30N8O2. The van der Waals surface area contributed by atoms with Crippen LogP contribution in [-0.4, -0.2) is 52.7 Å². The van der Waals surface area contributed by atoms with Gasteiger partial charge in [0.2, 0.25) is 0 Å². The molecule has 1 fully saturated rings. The molecule has 10 nitrogen and oxygen atoms in total. The van der Waals surface area contributed by atoms with E-state index in [0.717, 1.165) is 42.5 Å². The zero-order valence-electron chi connectivity index (χ0n) is 20.9. The number of aryl methyl sites for hydroxylation is 2. The van der Waals surface area contributed by atoms with Crippen LogP contribution in [0, 0.1) is 18.8 Å². The molecule has 1 aliphatic rings. The Balaban J connectivity index is 1.62. The molecule has 0 spiro atoms. The highest BCUT2D eigenvalue weighted by Gasteiger charge is 2.23. The van der Waals surface area contributed by atoms with Crippen molar-refractivity contribution in [2.24, 2.45) is 12.8 Å². The van der Waals surface area contributed by atoms with Crippen LogP contribution in [0.25, 0.3) is 22.1 Å². The first-order valence-electron chi connectivity index (χ1n) is 12.2. The van der Waals surface area contributed by atoms with E-state index in [9.17, 15) is 9.59 Å². The van der Waals surface area contributed by atoms with E-state index in [1.165, 1.54) is 9.13 Å². The molecule has 186 valence electrons.